The van der Waals surface area contributed by atoms with Crippen LogP contribution in [0.5, 0.6) is 0 Å². The van der Waals surface area contributed by atoms with Crippen LogP contribution in [0.1, 0.15) is 16.7 Å². The van der Waals surface area contributed by atoms with Gasteiger partial charge in [-0.2, -0.15) is 4.57 Å². The lowest BCUT2D eigenvalue weighted by atomic mass is 10.1. The highest BCUT2D eigenvalue weighted by Crippen LogP contribution is 2.19. The number of rotatable bonds is 5. The van der Waals surface area contributed by atoms with E-state index >= 15 is 0 Å². The second kappa shape index (κ2) is 7.84. The maximum atomic E-state index is 10.8. The Balaban J connectivity index is 1.66. The van der Waals surface area contributed by atoms with Crippen LogP contribution in [-0.4, -0.2) is 4.92 Å². The molecule has 136 valence electrons. The van der Waals surface area contributed by atoms with Crippen LogP contribution in [-0.2, 0) is 6.54 Å². The predicted molar refractivity (Wildman–Crippen MR) is 112 cm³/mol. The molecule has 0 radical (unpaired) electrons. The van der Waals surface area contributed by atoms with E-state index in [2.05, 4.69) is 59.3 Å². The van der Waals surface area contributed by atoms with E-state index < -0.39 is 0 Å². The quantitative estimate of drug-likeness (QED) is 0.275. The largest absolute Gasteiger partial charge is 0.269 e. The number of para-hydroxylation sites is 1. The Morgan fingerprint density at radius 1 is 0.821 bits per heavy atom. The Morgan fingerprint density at radius 2 is 1.54 bits per heavy atom. The Hall–Kier alpha value is -3.79. The summed E-state index contributed by atoms with van der Waals surface area (Å²) in [5.74, 6) is 0. The summed E-state index contributed by atoms with van der Waals surface area (Å²) in [4.78, 5) is 10.4. The minimum Gasteiger partial charge on any atom is -0.258 e. The number of non-ortho nitro benzene ring substituents is 1. The molecule has 0 fully saturated rings. The van der Waals surface area contributed by atoms with Crippen molar-refractivity contribution >= 4 is 28.7 Å². The molecule has 4 rings (SSSR count). The highest BCUT2D eigenvalue weighted by molar-refractivity contribution is 5.88. The molecule has 0 saturated heterocycles. The Morgan fingerprint density at radius 3 is 2.29 bits per heavy atom. The van der Waals surface area contributed by atoms with Crippen LogP contribution in [0, 0.1) is 10.1 Å². The van der Waals surface area contributed by atoms with Crippen molar-refractivity contribution in [2.45, 2.75) is 6.54 Å². The van der Waals surface area contributed by atoms with Gasteiger partial charge in [0.15, 0.2) is 12.7 Å². The Bertz CT molecular complexity index is 1150. The summed E-state index contributed by atoms with van der Waals surface area (Å²) >= 11 is 0. The summed E-state index contributed by atoms with van der Waals surface area (Å²) in [6.45, 7) is 0.813. The normalized spacial score (nSPS) is 11.1. The minimum absolute atomic E-state index is 0.101. The molecule has 0 unspecified atom stereocenters. The molecule has 0 spiro atoms. The van der Waals surface area contributed by atoms with Crippen molar-refractivity contribution in [3.63, 3.8) is 0 Å². The van der Waals surface area contributed by atoms with Crippen molar-refractivity contribution in [3.8, 4) is 0 Å². The van der Waals surface area contributed by atoms with E-state index in [0.717, 1.165) is 23.2 Å². The van der Waals surface area contributed by atoms with Crippen LogP contribution in [0.4, 0.5) is 5.69 Å². The number of hydrogen-bond acceptors (Lipinski definition) is 2. The highest BCUT2D eigenvalue weighted by atomic mass is 16.6. The summed E-state index contributed by atoms with van der Waals surface area (Å²) < 4.78 is 2.24. The zero-order valence-electron chi connectivity index (χ0n) is 15.2. The Labute approximate surface area is 163 Å². The van der Waals surface area contributed by atoms with Crippen LogP contribution < -0.4 is 4.57 Å². The van der Waals surface area contributed by atoms with Crippen molar-refractivity contribution in [2.75, 3.05) is 0 Å². The zero-order valence-corrected chi connectivity index (χ0v) is 15.2. The monoisotopic (exact) mass is 367 g/mol. The number of nitro groups is 1. The average Bonchev–Trinajstić information content (AvgIpc) is 2.74. The molecule has 0 amide bonds. The summed E-state index contributed by atoms with van der Waals surface area (Å²) in [6.07, 6.45) is 6.13. The molecule has 0 aliphatic heterocycles. The van der Waals surface area contributed by atoms with Gasteiger partial charge in [-0.15, -0.1) is 0 Å². The molecule has 4 aromatic rings. The molecule has 28 heavy (non-hydrogen) atoms. The fourth-order valence-corrected chi connectivity index (χ4v) is 3.27. The van der Waals surface area contributed by atoms with Gasteiger partial charge in [0.1, 0.15) is 0 Å². The van der Waals surface area contributed by atoms with Crippen molar-refractivity contribution < 1.29 is 9.49 Å². The van der Waals surface area contributed by atoms with Crippen LogP contribution in [0.3, 0.4) is 0 Å². The summed E-state index contributed by atoms with van der Waals surface area (Å²) in [7, 11) is 0. The van der Waals surface area contributed by atoms with E-state index in [-0.39, 0.29) is 10.6 Å². The van der Waals surface area contributed by atoms with E-state index in [1.54, 1.807) is 12.1 Å². The summed E-state index contributed by atoms with van der Waals surface area (Å²) in [6, 6.07) is 27.4. The first-order valence-corrected chi connectivity index (χ1v) is 9.08. The number of pyridine rings is 1. The molecule has 3 aromatic carbocycles. The third-order valence-electron chi connectivity index (χ3n) is 4.71. The first-order valence-electron chi connectivity index (χ1n) is 9.08. The third kappa shape index (κ3) is 3.81. The molecule has 4 nitrogen and oxygen atoms in total. The molecule has 0 atom stereocenters. The molecule has 0 saturated carbocycles. The van der Waals surface area contributed by atoms with Gasteiger partial charge >= 0.3 is 0 Å². The van der Waals surface area contributed by atoms with Gasteiger partial charge in [-0.25, -0.2) is 0 Å². The molecular weight excluding hydrogens is 348 g/mol. The average molecular weight is 367 g/mol. The lowest BCUT2D eigenvalue weighted by molar-refractivity contribution is -0.662. The van der Waals surface area contributed by atoms with Crippen LogP contribution in [0.2, 0.25) is 0 Å². The number of benzene rings is 3. The number of fused-ring (bicyclic) bond motifs is 1. The fraction of sp³-hybridized carbons (Fsp3) is 0.0417. The van der Waals surface area contributed by atoms with E-state index in [1.807, 2.05) is 24.3 Å². The molecule has 4 heteroatoms. The van der Waals surface area contributed by atoms with E-state index in [4.69, 9.17) is 0 Å². The first-order chi connectivity index (χ1) is 13.7. The van der Waals surface area contributed by atoms with E-state index in [1.165, 1.54) is 23.1 Å². The molecule has 1 aromatic heterocycles. The first kappa shape index (κ1) is 17.6. The van der Waals surface area contributed by atoms with Gasteiger partial charge in [0.05, 0.1) is 10.3 Å². The van der Waals surface area contributed by atoms with Crippen molar-refractivity contribution in [2.24, 2.45) is 0 Å². The fourth-order valence-electron chi connectivity index (χ4n) is 3.27. The molecule has 0 aliphatic rings. The van der Waals surface area contributed by atoms with Gasteiger partial charge < -0.3 is 0 Å². The molecular formula is C24H19N2O2+. The van der Waals surface area contributed by atoms with Crippen molar-refractivity contribution in [1.82, 2.24) is 0 Å². The third-order valence-corrected chi connectivity index (χ3v) is 4.71. The van der Waals surface area contributed by atoms with Gasteiger partial charge in [0.2, 0.25) is 5.52 Å². The van der Waals surface area contributed by atoms with Crippen molar-refractivity contribution in [1.29, 1.82) is 0 Å². The molecule has 1 heterocycles. The van der Waals surface area contributed by atoms with Gasteiger partial charge in [-0.3, -0.25) is 10.1 Å². The van der Waals surface area contributed by atoms with Crippen molar-refractivity contribution in [3.05, 3.63) is 118 Å². The van der Waals surface area contributed by atoms with Gasteiger partial charge in [0.25, 0.3) is 5.69 Å². The van der Waals surface area contributed by atoms with Gasteiger partial charge in [-0.1, -0.05) is 54.6 Å². The summed E-state index contributed by atoms with van der Waals surface area (Å²) in [5.41, 5.74) is 4.56. The lowest BCUT2D eigenvalue weighted by Gasteiger charge is -2.05. The number of aromatic nitrogens is 1. The predicted octanol–water partition coefficient (Wildman–Crippen LogP) is 5.25. The zero-order chi connectivity index (χ0) is 19.3. The topological polar surface area (TPSA) is 47.0 Å². The van der Waals surface area contributed by atoms with Crippen LogP contribution in [0.15, 0.2) is 91.1 Å². The summed E-state index contributed by atoms with van der Waals surface area (Å²) in [5, 5.41) is 12.0. The van der Waals surface area contributed by atoms with Crippen LogP contribution >= 0.6 is 0 Å². The van der Waals surface area contributed by atoms with Gasteiger partial charge in [-0.05, 0) is 29.3 Å². The van der Waals surface area contributed by atoms with E-state index in [0.29, 0.717) is 0 Å². The minimum atomic E-state index is -0.385. The molecule has 0 N–H and O–H groups in total. The smallest absolute Gasteiger partial charge is 0.258 e. The van der Waals surface area contributed by atoms with Gasteiger partial charge in [0, 0.05) is 29.8 Å². The highest BCUT2D eigenvalue weighted by Gasteiger charge is 2.11. The maximum absolute atomic E-state index is 10.8. The maximum Gasteiger partial charge on any atom is 0.269 e. The van der Waals surface area contributed by atoms with E-state index in [9.17, 15) is 10.1 Å². The number of nitro benzene ring substituents is 1. The number of hydrogen-bond donors (Lipinski definition) is 0. The second-order valence-electron chi connectivity index (χ2n) is 6.58. The standard InChI is InChI=1S/C24H19N2O2/c27-26(28)22-14-11-19(12-15-22)10-13-21-16-17-25(18-20-6-2-1-3-7-20)24-9-5-4-8-23(21)24/h1-17H,18H2/q+1. The molecule has 0 aliphatic carbocycles. The number of nitrogens with zero attached hydrogens (tertiary/aromatic N) is 2. The van der Waals surface area contributed by atoms with Crippen LogP contribution in [0.25, 0.3) is 23.1 Å². The lowest BCUT2D eigenvalue weighted by Crippen LogP contribution is -2.34. The second-order valence-corrected chi connectivity index (χ2v) is 6.58. The SMILES string of the molecule is O=[N+]([O-])c1ccc(C=Cc2cc[n+](Cc3ccccc3)c3ccccc23)cc1. The molecule has 0 bridgehead atoms. The Kier molecular flexibility index (Phi) is 4.93.